The zero-order valence-corrected chi connectivity index (χ0v) is 18.0. The molecule has 174 valence electrons. The lowest BCUT2D eigenvalue weighted by Crippen LogP contribution is -2.56. The van der Waals surface area contributed by atoms with Crippen LogP contribution in [0.15, 0.2) is 30.3 Å². The van der Waals surface area contributed by atoms with E-state index in [0.717, 1.165) is 5.56 Å². The Morgan fingerprint density at radius 1 is 1.31 bits per heavy atom. The molecule has 3 N–H and O–H groups in total. The molecular formula is C23H29F2N3O4. The molecule has 0 aliphatic carbocycles. The fourth-order valence-electron chi connectivity index (χ4n) is 3.57. The monoisotopic (exact) mass is 449 g/mol. The summed E-state index contributed by atoms with van der Waals surface area (Å²) in [5.74, 6) is -3.11. The van der Waals surface area contributed by atoms with Gasteiger partial charge in [0.25, 0.3) is 11.8 Å². The molecule has 1 fully saturated rings. The van der Waals surface area contributed by atoms with Crippen molar-refractivity contribution in [2.24, 2.45) is 0 Å². The Labute approximate surface area is 186 Å². The standard InChI is InChI=1S/C23H29F2N3O4/c1-3-5-11-19(29)27-17(13-16-9-7-6-8-10-16)20(30)22(32)28-15-23(24,25)14-18(28)21(31)26-12-4-2/h1,6-10,17-18,20,30H,4-5,11-15H2,2H3,(H,26,31)(H,27,29)/t17-,18-,20-/m0/s1. The summed E-state index contributed by atoms with van der Waals surface area (Å²) in [6, 6.07) is 6.34. The molecule has 1 aromatic carbocycles. The Morgan fingerprint density at radius 3 is 2.62 bits per heavy atom. The lowest BCUT2D eigenvalue weighted by molar-refractivity contribution is -0.147. The number of alkyl halides is 2. The average Bonchev–Trinajstić information content (AvgIpc) is 3.10. The van der Waals surface area contributed by atoms with Gasteiger partial charge in [-0.3, -0.25) is 14.4 Å². The number of halogens is 2. The van der Waals surface area contributed by atoms with Gasteiger partial charge in [-0.25, -0.2) is 8.78 Å². The third-order valence-electron chi connectivity index (χ3n) is 5.18. The molecule has 1 saturated heterocycles. The van der Waals surface area contributed by atoms with E-state index in [1.165, 1.54) is 0 Å². The molecule has 0 spiro atoms. The minimum absolute atomic E-state index is 0.00741. The lowest BCUT2D eigenvalue weighted by atomic mass is 9.99. The van der Waals surface area contributed by atoms with Crippen LogP contribution in [-0.4, -0.2) is 64.9 Å². The number of rotatable bonds is 10. The molecule has 1 heterocycles. The van der Waals surface area contributed by atoms with Gasteiger partial charge in [-0.2, -0.15) is 0 Å². The van der Waals surface area contributed by atoms with Crippen molar-refractivity contribution in [2.75, 3.05) is 13.1 Å². The molecule has 3 atom stereocenters. The molecule has 0 radical (unpaired) electrons. The summed E-state index contributed by atoms with van der Waals surface area (Å²) >= 11 is 0. The Hall–Kier alpha value is -2.99. The first-order valence-corrected chi connectivity index (χ1v) is 10.6. The number of aliphatic hydroxyl groups excluding tert-OH is 1. The zero-order chi connectivity index (χ0) is 23.7. The molecule has 1 aromatic rings. The molecule has 0 aromatic heterocycles. The van der Waals surface area contributed by atoms with Crippen LogP contribution in [0.3, 0.4) is 0 Å². The SMILES string of the molecule is C#CCCC(=O)N[C@@H](Cc1ccccc1)[C@H](O)C(=O)N1CC(F)(F)C[C@H]1C(=O)NCCC. The summed E-state index contributed by atoms with van der Waals surface area (Å²) in [7, 11) is 0. The van der Waals surface area contributed by atoms with Gasteiger partial charge in [0.05, 0.1) is 12.6 Å². The number of nitrogens with zero attached hydrogens (tertiary/aromatic N) is 1. The van der Waals surface area contributed by atoms with Crippen LogP contribution < -0.4 is 10.6 Å². The zero-order valence-electron chi connectivity index (χ0n) is 18.0. The quantitative estimate of drug-likeness (QED) is 0.468. The smallest absolute Gasteiger partial charge is 0.267 e. The third kappa shape index (κ3) is 7.02. The maximum absolute atomic E-state index is 14.1. The van der Waals surface area contributed by atoms with Crippen LogP contribution in [0.25, 0.3) is 0 Å². The molecule has 1 aliphatic heterocycles. The first-order valence-electron chi connectivity index (χ1n) is 10.6. The molecular weight excluding hydrogens is 420 g/mol. The number of carbonyl (C=O) groups excluding carboxylic acids is 3. The number of terminal acetylenes is 1. The Bertz CT molecular complexity index is 841. The van der Waals surface area contributed by atoms with Crippen LogP contribution >= 0.6 is 0 Å². The average molecular weight is 449 g/mol. The Balaban J connectivity index is 2.22. The lowest BCUT2D eigenvalue weighted by Gasteiger charge is -2.30. The molecule has 2 rings (SSSR count). The van der Waals surface area contributed by atoms with E-state index in [0.29, 0.717) is 11.3 Å². The number of nitrogens with one attached hydrogen (secondary N) is 2. The van der Waals surface area contributed by atoms with Crippen molar-refractivity contribution in [1.29, 1.82) is 0 Å². The van der Waals surface area contributed by atoms with Crippen molar-refractivity contribution < 1.29 is 28.3 Å². The Kier molecular flexibility index (Phi) is 9.14. The van der Waals surface area contributed by atoms with E-state index in [9.17, 15) is 28.3 Å². The van der Waals surface area contributed by atoms with Crippen LogP contribution in [0.4, 0.5) is 8.78 Å². The molecule has 7 nitrogen and oxygen atoms in total. The summed E-state index contributed by atoms with van der Waals surface area (Å²) < 4.78 is 28.2. The first-order chi connectivity index (χ1) is 15.2. The van der Waals surface area contributed by atoms with Gasteiger partial charge in [0.2, 0.25) is 11.8 Å². The number of hydrogen-bond donors (Lipinski definition) is 3. The normalized spacial score (nSPS) is 19.0. The van der Waals surface area contributed by atoms with E-state index in [-0.39, 0.29) is 25.8 Å². The minimum atomic E-state index is -3.26. The topological polar surface area (TPSA) is 98.7 Å². The predicted molar refractivity (Wildman–Crippen MR) is 115 cm³/mol. The minimum Gasteiger partial charge on any atom is -0.381 e. The fraction of sp³-hybridized carbons (Fsp3) is 0.522. The molecule has 1 aliphatic rings. The van der Waals surface area contributed by atoms with Gasteiger partial charge in [-0.15, -0.1) is 12.3 Å². The first kappa shape index (κ1) is 25.3. The van der Waals surface area contributed by atoms with E-state index in [1.54, 1.807) is 30.3 Å². The van der Waals surface area contributed by atoms with E-state index >= 15 is 0 Å². The molecule has 3 amide bonds. The van der Waals surface area contributed by atoms with Crippen molar-refractivity contribution in [1.82, 2.24) is 15.5 Å². The summed E-state index contributed by atoms with van der Waals surface area (Å²) in [5, 5.41) is 15.9. The number of benzene rings is 1. The van der Waals surface area contributed by atoms with Gasteiger partial charge < -0.3 is 20.6 Å². The summed E-state index contributed by atoms with van der Waals surface area (Å²) in [6.45, 7) is 1.12. The van der Waals surface area contributed by atoms with Gasteiger partial charge in [0.15, 0.2) is 6.10 Å². The summed E-state index contributed by atoms with van der Waals surface area (Å²) in [6.07, 6.45) is 3.40. The highest BCUT2D eigenvalue weighted by Gasteiger charge is 2.51. The fourth-order valence-corrected chi connectivity index (χ4v) is 3.57. The van der Waals surface area contributed by atoms with Crippen molar-refractivity contribution in [2.45, 2.75) is 63.1 Å². The third-order valence-corrected chi connectivity index (χ3v) is 5.18. The predicted octanol–water partition coefficient (Wildman–Crippen LogP) is 1.25. The van der Waals surface area contributed by atoms with Crippen LogP contribution in [-0.2, 0) is 20.8 Å². The maximum atomic E-state index is 14.1. The summed E-state index contributed by atoms with van der Waals surface area (Å²) in [5.41, 5.74) is 0.727. The van der Waals surface area contributed by atoms with E-state index in [1.807, 2.05) is 6.92 Å². The number of hydrogen-bond acceptors (Lipinski definition) is 4. The second-order valence-electron chi connectivity index (χ2n) is 7.85. The van der Waals surface area contributed by atoms with Crippen molar-refractivity contribution in [3.8, 4) is 12.3 Å². The number of carbonyl (C=O) groups is 3. The highest BCUT2D eigenvalue weighted by atomic mass is 19.3. The van der Waals surface area contributed by atoms with Crippen molar-refractivity contribution in [3.63, 3.8) is 0 Å². The van der Waals surface area contributed by atoms with E-state index in [2.05, 4.69) is 16.6 Å². The van der Waals surface area contributed by atoms with Crippen LogP contribution in [0, 0.1) is 12.3 Å². The molecule has 9 heteroatoms. The number of aliphatic hydroxyl groups is 1. The summed E-state index contributed by atoms with van der Waals surface area (Å²) in [4.78, 5) is 38.3. The van der Waals surface area contributed by atoms with Gasteiger partial charge in [-0.05, 0) is 18.4 Å². The number of amides is 3. The van der Waals surface area contributed by atoms with Crippen LogP contribution in [0.2, 0.25) is 0 Å². The van der Waals surface area contributed by atoms with Crippen LogP contribution in [0.1, 0.15) is 38.2 Å². The molecule has 0 saturated carbocycles. The molecule has 0 unspecified atom stereocenters. The van der Waals surface area contributed by atoms with E-state index in [4.69, 9.17) is 6.42 Å². The van der Waals surface area contributed by atoms with Crippen molar-refractivity contribution in [3.05, 3.63) is 35.9 Å². The van der Waals surface area contributed by atoms with Gasteiger partial charge in [-0.1, -0.05) is 37.3 Å². The molecule has 32 heavy (non-hydrogen) atoms. The largest absolute Gasteiger partial charge is 0.381 e. The second-order valence-corrected chi connectivity index (χ2v) is 7.85. The highest BCUT2D eigenvalue weighted by Crippen LogP contribution is 2.33. The van der Waals surface area contributed by atoms with Gasteiger partial charge in [0, 0.05) is 25.8 Å². The van der Waals surface area contributed by atoms with Crippen molar-refractivity contribution >= 4 is 17.7 Å². The number of likely N-dealkylation sites (tertiary alicyclic amines) is 1. The van der Waals surface area contributed by atoms with Crippen LogP contribution in [0.5, 0.6) is 0 Å². The second kappa shape index (κ2) is 11.6. The highest BCUT2D eigenvalue weighted by molar-refractivity contribution is 5.91. The van der Waals surface area contributed by atoms with E-state index < -0.39 is 54.8 Å². The molecule has 0 bridgehead atoms. The Morgan fingerprint density at radius 2 is 2.00 bits per heavy atom. The van der Waals surface area contributed by atoms with Gasteiger partial charge in [0.1, 0.15) is 6.04 Å². The maximum Gasteiger partial charge on any atom is 0.267 e. The van der Waals surface area contributed by atoms with Gasteiger partial charge >= 0.3 is 0 Å².